The summed E-state index contributed by atoms with van der Waals surface area (Å²) in [6.45, 7) is 2.38. The lowest BCUT2D eigenvalue weighted by Gasteiger charge is -2.22. The van der Waals surface area contributed by atoms with E-state index in [1.54, 1.807) is 18.3 Å². The third-order valence-electron chi connectivity index (χ3n) is 6.13. The van der Waals surface area contributed by atoms with Crippen LogP contribution in [0.2, 0.25) is 0 Å². The molecule has 186 valence electrons. The van der Waals surface area contributed by atoms with Crippen LogP contribution in [0, 0.1) is 17.5 Å². The first-order valence-electron chi connectivity index (χ1n) is 11.3. The second-order valence-electron chi connectivity index (χ2n) is 8.72. The molecule has 11 heteroatoms. The molecule has 0 bridgehead atoms. The summed E-state index contributed by atoms with van der Waals surface area (Å²) < 4.78 is 50.5. The van der Waals surface area contributed by atoms with Gasteiger partial charge in [-0.15, -0.1) is 0 Å². The van der Waals surface area contributed by atoms with Crippen molar-refractivity contribution < 1.29 is 17.9 Å². The van der Waals surface area contributed by atoms with Crippen molar-refractivity contribution in [3.8, 4) is 17.2 Å². The second kappa shape index (κ2) is 9.50. The minimum absolute atomic E-state index is 0.0528. The predicted molar refractivity (Wildman–Crippen MR) is 127 cm³/mol. The van der Waals surface area contributed by atoms with E-state index in [1.807, 2.05) is 0 Å². The number of anilines is 1. The smallest absolute Gasteiger partial charge is 0.350 e. The van der Waals surface area contributed by atoms with Gasteiger partial charge in [-0.3, -0.25) is 4.57 Å². The Balaban J connectivity index is 1.35. The van der Waals surface area contributed by atoms with Crippen LogP contribution >= 0.6 is 0 Å². The van der Waals surface area contributed by atoms with Crippen molar-refractivity contribution in [1.29, 1.82) is 0 Å². The molecule has 1 fully saturated rings. The van der Waals surface area contributed by atoms with Crippen molar-refractivity contribution in [1.82, 2.24) is 19.3 Å². The summed E-state index contributed by atoms with van der Waals surface area (Å²) in [4.78, 5) is 19.2. The fourth-order valence-electron chi connectivity index (χ4n) is 4.32. The van der Waals surface area contributed by atoms with Crippen LogP contribution in [0.3, 0.4) is 0 Å². The summed E-state index contributed by atoms with van der Waals surface area (Å²) >= 11 is 0. The van der Waals surface area contributed by atoms with Gasteiger partial charge in [0, 0.05) is 42.5 Å². The van der Waals surface area contributed by atoms with Crippen LogP contribution in [-0.2, 0) is 6.54 Å². The summed E-state index contributed by atoms with van der Waals surface area (Å²) in [6, 6.07) is 11.0. The van der Waals surface area contributed by atoms with Crippen molar-refractivity contribution in [3.63, 3.8) is 0 Å². The third-order valence-corrected chi connectivity index (χ3v) is 6.13. The SMILES string of the molecule is C[C@H]1C[C@@H](N)CN1c1cc(Oc2ccc(-n3ncn(Cc4c(F)cccc4F)c3=O)cc2F)ccn1. The molecule has 0 unspecified atom stereocenters. The molecule has 4 aromatic rings. The van der Waals surface area contributed by atoms with Gasteiger partial charge in [-0.2, -0.15) is 9.78 Å². The van der Waals surface area contributed by atoms with E-state index < -0.39 is 23.1 Å². The first-order chi connectivity index (χ1) is 17.3. The van der Waals surface area contributed by atoms with Gasteiger partial charge in [0.25, 0.3) is 0 Å². The minimum Gasteiger partial charge on any atom is -0.454 e. The molecule has 0 amide bonds. The molecule has 0 radical (unpaired) electrons. The molecular weight excluding hydrogens is 473 g/mol. The first kappa shape index (κ1) is 23.6. The average Bonchev–Trinajstić information content (AvgIpc) is 3.38. The van der Waals surface area contributed by atoms with Gasteiger partial charge in [0.2, 0.25) is 0 Å². The highest BCUT2D eigenvalue weighted by molar-refractivity contribution is 5.48. The van der Waals surface area contributed by atoms with Gasteiger partial charge >= 0.3 is 5.69 Å². The van der Waals surface area contributed by atoms with Crippen LogP contribution in [-0.4, -0.2) is 38.0 Å². The fraction of sp³-hybridized carbons (Fsp3) is 0.240. The monoisotopic (exact) mass is 496 g/mol. The molecule has 5 rings (SSSR count). The van der Waals surface area contributed by atoms with Crippen molar-refractivity contribution in [2.75, 3.05) is 11.4 Å². The molecule has 2 aromatic carbocycles. The van der Waals surface area contributed by atoms with E-state index in [4.69, 9.17) is 10.5 Å². The number of ether oxygens (including phenoxy) is 1. The van der Waals surface area contributed by atoms with Gasteiger partial charge < -0.3 is 15.4 Å². The maximum absolute atomic E-state index is 14.9. The minimum atomic E-state index is -0.775. The number of hydrogen-bond donors (Lipinski definition) is 1. The number of nitrogens with two attached hydrogens (primary N) is 1. The number of aromatic nitrogens is 4. The van der Waals surface area contributed by atoms with E-state index in [1.165, 1.54) is 18.2 Å². The zero-order chi connectivity index (χ0) is 25.4. The summed E-state index contributed by atoms with van der Waals surface area (Å²) in [7, 11) is 0. The Hall–Kier alpha value is -4.12. The van der Waals surface area contributed by atoms with Gasteiger partial charge in [0.05, 0.1) is 12.2 Å². The fourth-order valence-corrected chi connectivity index (χ4v) is 4.32. The highest BCUT2D eigenvalue weighted by Crippen LogP contribution is 2.30. The Labute approximate surface area is 204 Å². The Morgan fingerprint density at radius 3 is 2.56 bits per heavy atom. The molecule has 36 heavy (non-hydrogen) atoms. The molecule has 0 spiro atoms. The summed E-state index contributed by atoms with van der Waals surface area (Å²) in [5.41, 5.74) is 5.23. The molecule has 1 saturated heterocycles. The molecule has 2 N–H and O–H groups in total. The lowest BCUT2D eigenvalue weighted by Crippen LogP contribution is -2.29. The van der Waals surface area contributed by atoms with Gasteiger partial charge in [0.1, 0.15) is 29.5 Å². The van der Waals surface area contributed by atoms with E-state index in [-0.39, 0.29) is 35.6 Å². The maximum Gasteiger partial charge on any atom is 0.350 e. The molecule has 2 atom stereocenters. The quantitative estimate of drug-likeness (QED) is 0.439. The van der Waals surface area contributed by atoms with Gasteiger partial charge in [0.15, 0.2) is 11.6 Å². The number of rotatable bonds is 6. The van der Waals surface area contributed by atoms with E-state index in [0.717, 1.165) is 40.2 Å². The van der Waals surface area contributed by atoms with Crippen LogP contribution in [0.4, 0.5) is 19.0 Å². The highest BCUT2D eigenvalue weighted by Gasteiger charge is 2.27. The largest absolute Gasteiger partial charge is 0.454 e. The average molecular weight is 496 g/mol. The number of pyridine rings is 1. The normalized spacial score (nSPS) is 17.5. The van der Waals surface area contributed by atoms with Crippen LogP contribution in [0.15, 0.2) is 65.8 Å². The number of benzene rings is 2. The lowest BCUT2D eigenvalue weighted by atomic mass is 10.2. The van der Waals surface area contributed by atoms with Crippen LogP contribution < -0.4 is 21.1 Å². The molecule has 0 aliphatic carbocycles. The standard InChI is InChI=1S/C25H23F3N6O2/c1-15-9-16(29)12-33(15)24-11-18(7-8-30-24)36-23-6-5-17(10-22(23)28)34-25(35)32(14-31-34)13-19-20(26)3-2-4-21(19)27/h2-8,10-11,14-16H,9,12-13,29H2,1H3/t15-,16+/m0/s1. The Morgan fingerprint density at radius 2 is 1.86 bits per heavy atom. The number of halogens is 3. The van der Waals surface area contributed by atoms with Crippen molar-refractivity contribution >= 4 is 5.82 Å². The molecule has 2 aromatic heterocycles. The lowest BCUT2D eigenvalue weighted by molar-refractivity contribution is 0.441. The summed E-state index contributed by atoms with van der Waals surface area (Å²) in [5, 5.41) is 3.96. The number of hydrogen-bond acceptors (Lipinski definition) is 6. The summed E-state index contributed by atoms with van der Waals surface area (Å²) in [5.74, 6) is -1.24. The number of nitrogens with zero attached hydrogens (tertiary/aromatic N) is 5. The van der Waals surface area contributed by atoms with Crippen molar-refractivity contribution in [3.05, 3.63) is 94.6 Å². The maximum atomic E-state index is 14.9. The molecule has 3 heterocycles. The molecule has 8 nitrogen and oxygen atoms in total. The Bertz CT molecular complexity index is 1450. The van der Waals surface area contributed by atoms with Crippen molar-refractivity contribution in [2.45, 2.75) is 32.0 Å². The van der Waals surface area contributed by atoms with Gasteiger partial charge in [-0.25, -0.2) is 22.9 Å². The molecular formula is C25H23F3N6O2. The zero-order valence-corrected chi connectivity index (χ0v) is 19.3. The topological polar surface area (TPSA) is 91.2 Å². The molecule has 1 aliphatic rings. The first-order valence-corrected chi connectivity index (χ1v) is 11.3. The molecule has 1 aliphatic heterocycles. The highest BCUT2D eigenvalue weighted by atomic mass is 19.1. The summed E-state index contributed by atoms with van der Waals surface area (Å²) in [6.07, 6.45) is 3.57. The van der Waals surface area contributed by atoms with Crippen molar-refractivity contribution in [2.24, 2.45) is 5.73 Å². The third kappa shape index (κ3) is 4.57. The van der Waals surface area contributed by atoms with E-state index in [2.05, 4.69) is 21.9 Å². The van der Waals surface area contributed by atoms with Crippen LogP contribution in [0.25, 0.3) is 5.69 Å². The van der Waals surface area contributed by atoms with E-state index >= 15 is 0 Å². The zero-order valence-electron chi connectivity index (χ0n) is 19.3. The van der Waals surface area contributed by atoms with Crippen LogP contribution in [0.5, 0.6) is 11.5 Å². The Kier molecular flexibility index (Phi) is 6.23. The second-order valence-corrected chi connectivity index (χ2v) is 8.72. The molecule has 0 saturated carbocycles. The van der Waals surface area contributed by atoms with Gasteiger partial charge in [-0.05, 0) is 43.7 Å². The Morgan fingerprint density at radius 1 is 1.08 bits per heavy atom. The predicted octanol–water partition coefficient (Wildman–Crippen LogP) is 3.61. The van der Waals surface area contributed by atoms with E-state index in [9.17, 15) is 18.0 Å². The van der Waals surface area contributed by atoms with Gasteiger partial charge in [-0.1, -0.05) is 6.07 Å². The van der Waals surface area contributed by atoms with E-state index in [0.29, 0.717) is 18.1 Å². The van der Waals surface area contributed by atoms with Crippen LogP contribution in [0.1, 0.15) is 18.9 Å².